The maximum atomic E-state index is 12.9. The molecule has 4 saturated carbocycles. The highest BCUT2D eigenvalue weighted by Gasteiger charge is 2.51. The fourth-order valence-electron chi connectivity index (χ4n) is 7.23. The molecule has 11 nitrogen and oxygen atoms in total. The number of carboxylic acid groups (broad SMARTS) is 1. The van der Waals surface area contributed by atoms with Gasteiger partial charge in [-0.3, -0.25) is 14.6 Å². The quantitative estimate of drug-likeness (QED) is 0.234. The van der Waals surface area contributed by atoms with Crippen molar-refractivity contribution in [1.82, 2.24) is 21.3 Å². The van der Waals surface area contributed by atoms with E-state index in [0.717, 1.165) is 38.3 Å². The molecule has 5 aliphatic rings. The second-order valence-electron chi connectivity index (χ2n) is 11.4. The van der Waals surface area contributed by atoms with Crippen molar-refractivity contribution in [1.29, 1.82) is 0 Å². The predicted octanol–water partition coefficient (Wildman–Crippen LogP) is 1.23. The van der Waals surface area contributed by atoms with Gasteiger partial charge in [-0.2, -0.15) is 0 Å². The number of aliphatic carboxylic acids is 1. The van der Waals surface area contributed by atoms with Gasteiger partial charge >= 0.3 is 5.97 Å². The lowest BCUT2D eigenvalue weighted by Gasteiger charge is -2.56. The van der Waals surface area contributed by atoms with Gasteiger partial charge < -0.3 is 36.2 Å². The van der Waals surface area contributed by atoms with E-state index in [1.165, 1.54) is 31.4 Å². The van der Waals surface area contributed by atoms with Crippen LogP contribution in [0.5, 0.6) is 11.5 Å². The minimum atomic E-state index is -1.25. The minimum Gasteiger partial charge on any atom is -0.507 e. The fourth-order valence-corrected chi connectivity index (χ4v) is 7.23. The Morgan fingerprint density at radius 3 is 2.45 bits per heavy atom. The summed E-state index contributed by atoms with van der Waals surface area (Å²) in [5.74, 6) is 0.814. The maximum Gasteiger partial charge on any atom is 0.328 e. The summed E-state index contributed by atoms with van der Waals surface area (Å²) in [5.41, 5.74) is -0.0118. The van der Waals surface area contributed by atoms with Crippen molar-refractivity contribution in [2.24, 2.45) is 28.2 Å². The molecule has 0 unspecified atom stereocenters. The number of phenolic OH excluding ortho intramolecular Hbond substituents is 1. The van der Waals surface area contributed by atoms with Crippen molar-refractivity contribution < 1.29 is 29.3 Å². The van der Waals surface area contributed by atoms with Gasteiger partial charge in [-0.05, 0) is 73.8 Å². The highest BCUT2D eigenvalue weighted by atomic mass is 16.5. The van der Waals surface area contributed by atoms with Crippen molar-refractivity contribution in [3.05, 3.63) is 23.8 Å². The van der Waals surface area contributed by atoms with Crippen LogP contribution >= 0.6 is 0 Å². The van der Waals surface area contributed by atoms with Gasteiger partial charge in [0.05, 0.1) is 18.7 Å². The van der Waals surface area contributed by atoms with E-state index >= 15 is 0 Å². The normalized spacial score (nSPS) is 27.7. The molecular weight excluding hydrogens is 490 g/mol. The summed E-state index contributed by atoms with van der Waals surface area (Å²) in [4.78, 5) is 41.6. The van der Waals surface area contributed by atoms with Crippen molar-refractivity contribution in [2.75, 3.05) is 32.8 Å². The summed E-state index contributed by atoms with van der Waals surface area (Å²) >= 11 is 0. The molecule has 2 amide bonds. The molecule has 38 heavy (non-hydrogen) atoms. The molecule has 0 aromatic heterocycles. The molecule has 4 bridgehead atoms. The standard InChI is InChI=1S/C27H37N5O6/c33-22-10-19(38-6-5-30-26-28-3-4-29-26)1-2-20(22)24(35)31-15-21(25(36)37)32-23(34)14-27-11-16-7-17(12-27)9-18(8-16)13-27/h1-2,10,16-18,21,33H,3-9,11-15H2,(H,31,35)(H,32,34)(H,36,37)(H2,28,29,30)/t16?,17?,18?,21-,27?/m0/s1. The van der Waals surface area contributed by atoms with Crippen molar-refractivity contribution in [3.63, 3.8) is 0 Å². The number of guanidine groups is 1. The monoisotopic (exact) mass is 527 g/mol. The highest BCUT2D eigenvalue weighted by molar-refractivity contribution is 5.97. The number of carbonyl (C=O) groups is 3. The number of rotatable bonds is 11. The van der Waals surface area contributed by atoms with Crippen LogP contribution in [0.3, 0.4) is 0 Å². The van der Waals surface area contributed by atoms with Crippen molar-refractivity contribution >= 4 is 23.7 Å². The minimum absolute atomic E-state index is 0.00162. The van der Waals surface area contributed by atoms with Gasteiger partial charge in [0.2, 0.25) is 5.91 Å². The van der Waals surface area contributed by atoms with Crippen LogP contribution < -0.4 is 26.0 Å². The number of hydrogen-bond donors (Lipinski definition) is 6. The van der Waals surface area contributed by atoms with Gasteiger partial charge in [-0.1, -0.05) is 0 Å². The van der Waals surface area contributed by atoms with Gasteiger partial charge in [0.15, 0.2) is 5.96 Å². The fraction of sp³-hybridized carbons (Fsp3) is 0.630. The van der Waals surface area contributed by atoms with Gasteiger partial charge in [0, 0.05) is 25.6 Å². The third-order valence-electron chi connectivity index (χ3n) is 8.35. The molecule has 1 aromatic rings. The number of ether oxygens (including phenoxy) is 1. The van der Waals surface area contributed by atoms with Crippen LogP contribution in [0, 0.1) is 23.2 Å². The van der Waals surface area contributed by atoms with Crippen LogP contribution in [0.15, 0.2) is 23.2 Å². The second-order valence-corrected chi connectivity index (χ2v) is 11.4. The summed E-state index contributed by atoms with van der Waals surface area (Å²) in [6.45, 7) is 2.10. The lowest BCUT2D eigenvalue weighted by molar-refractivity contribution is -0.143. The first-order valence-corrected chi connectivity index (χ1v) is 13.6. The molecule has 0 saturated heterocycles. The van der Waals surface area contributed by atoms with Crippen LogP contribution in [0.25, 0.3) is 0 Å². The zero-order valence-corrected chi connectivity index (χ0v) is 21.5. The number of hydrogen-bond acceptors (Lipinski definition) is 8. The summed E-state index contributed by atoms with van der Waals surface area (Å²) in [7, 11) is 0. The Morgan fingerprint density at radius 2 is 1.84 bits per heavy atom. The number of amides is 2. The van der Waals surface area contributed by atoms with E-state index in [0.29, 0.717) is 43.1 Å². The summed E-state index contributed by atoms with van der Waals surface area (Å²) < 4.78 is 5.59. The molecule has 0 radical (unpaired) electrons. The Hall–Kier alpha value is -3.50. The largest absolute Gasteiger partial charge is 0.507 e. The molecule has 6 N–H and O–H groups in total. The molecule has 4 aliphatic carbocycles. The van der Waals surface area contributed by atoms with Gasteiger partial charge in [0.25, 0.3) is 5.91 Å². The number of nitrogens with zero attached hydrogens (tertiary/aromatic N) is 1. The molecular formula is C27H37N5O6. The average Bonchev–Trinajstić information content (AvgIpc) is 3.36. The maximum absolute atomic E-state index is 12.9. The van der Waals surface area contributed by atoms with Gasteiger partial charge in [-0.25, -0.2) is 4.79 Å². The molecule has 1 aliphatic heterocycles. The zero-order valence-electron chi connectivity index (χ0n) is 21.5. The predicted molar refractivity (Wildman–Crippen MR) is 139 cm³/mol. The van der Waals surface area contributed by atoms with Crippen molar-refractivity contribution in [3.8, 4) is 11.5 Å². The Labute approximate surface area is 221 Å². The Bertz CT molecular complexity index is 1070. The number of benzene rings is 1. The van der Waals surface area contributed by atoms with E-state index in [9.17, 15) is 24.6 Å². The third-order valence-corrected chi connectivity index (χ3v) is 8.35. The van der Waals surface area contributed by atoms with Crippen LogP contribution in [-0.4, -0.2) is 72.8 Å². The number of carboxylic acids is 1. The number of carbonyl (C=O) groups excluding carboxylic acids is 2. The van der Waals surface area contributed by atoms with Crippen LogP contribution in [0.1, 0.15) is 55.3 Å². The van der Waals surface area contributed by atoms with Crippen LogP contribution in [0.4, 0.5) is 0 Å². The first-order valence-electron chi connectivity index (χ1n) is 13.6. The van der Waals surface area contributed by atoms with E-state index in [1.807, 2.05) is 0 Å². The Balaban J connectivity index is 1.09. The average molecular weight is 528 g/mol. The third kappa shape index (κ3) is 6.14. The van der Waals surface area contributed by atoms with E-state index in [-0.39, 0.29) is 29.2 Å². The number of aliphatic imine (C=N–C) groups is 1. The van der Waals surface area contributed by atoms with E-state index in [2.05, 4.69) is 26.3 Å². The van der Waals surface area contributed by atoms with E-state index < -0.39 is 17.9 Å². The molecule has 206 valence electrons. The van der Waals surface area contributed by atoms with Gasteiger partial charge in [-0.15, -0.1) is 0 Å². The Kier molecular flexibility index (Phi) is 7.62. The van der Waals surface area contributed by atoms with E-state index in [1.54, 1.807) is 6.07 Å². The molecule has 0 spiro atoms. The molecule has 6 rings (SSSR count). The van der Waals surface area contributed by atoms with Crippen molar-refractivity contribution in [2.45, 2.75) is 51.0 Å². The topological polar surface area (TPSA) is 161 Å². The molecule has 11 heteroatoms. The van der Waals surface area contributed by atoms with E-state index in [4.69, 9.17) is 4.74 Å². The molecule has 1 heterocycles. The SMILES string of the molecule is O=C(CC12CC3CC(CC(C3)C1)C2)N[C@@H](CNC(=O)c1ccc(OCCNC2=NCCN2)cc1O)C(=O)O. The molecule has 1 atom stereocenters. The second kappa shape index (κ2) is 11.1. The lowest BCUT2D eigenvalue weighted by atomic mass is 9.49. The first kappa shape index (κ1) is 26.1. The summed E-state index contributed by atoms with van der Waals surface area (Å²) in [6, 6.07) is 3.05. The van der Waals surface area contributed by atoms with Crippen LogP contribution in [-0.2, 0) is 9.59 Å². The zero-order chi connectivity index (χ0) is 26.7. The number of phenols is 1. The molecule has 1 aromatic carbocycles. The summed E-state index contributed by atoms with van der Waals surface area (Å²) in [6.07, 6.45) is 7.34. The lowest BCUT2D eigenvalue weighted by Crippen LogP contribution is -2.52. The number of nitrogens with one attached hydrogen (secondary N) is 4. The Morgan fingerprint density at radius 1 is 1.13 bits per heavy atom. The molecule has 4 fully saturated rings. The van der Waals surface area contributed by atoms with Gasteiger partial charge in [0.1, 0.15) is 24.1 Å². The first-order chi connectivity index (χ1) is 18.3. The van der Waals surface area contributed by atoms with Crippen LogP contribution in [0.2, 0.25) is 0 Å². The smallest absolute Gasteiger partial charge is 0.328 e. The highest BCUT2D eigenvalue weighted by Crippen LogP contribution is 2.61. The summed E-state index contributed by atoms with van der Waals surface area (Å²) in [5, 5.41) is 31.3. The number of aromatic hydroxyl groups is 1.